The lowest BCUT2D eigenvalue weighted by Crippen LogP contribution is -2.60. The number of carbonyl (C=O) groups is 2. The molecule has 38 heavy (non-hydrogen) atoms. The second-order valence-corrected chi connectivity index (χ2v) is 9.62. The maximum Gasteiger partial charge on any atom is 0.337 e. The van der Waals surface area contributed by atoms with Gasteiger partial charge in [-0.3, -0.25) is 0 Å². The van der Waals surface area contributed by atoms with Crippen molar-refractivity contribution in [3.05, 3.63) is 47.7 Å². The molecule has 0 radical (unpaired) electrons. The molecule has 208 valence electrons. The number of esters is 2. The van der Waals surface area contributed by atoms with Gasteiger partial charge in [0.15, 0.2) is 6.29 Å². The third-order valence-corrected chi connectivity index (χ3v) is 7.27. The standard InChI is InChI=1S/C26H32O12/c1-12-17(28)9-15-16(24(33)34-2)10-36-25(20(12)15)38-26-23(32)22(31)21(30)18(37-26)11-35-19(29)8-5-13-3-6-14(27)7-4-13/h3-8,10,12,15,17-18,20-23,25-28,30-32H,9,11H2,1-2H3. The van der Waals surface area contributed by atoms with Gasteiger partial charge in [-0.1, -0.05) is 19.1 Å². The maximum atomic E-state index is 12.2. The Kier molecular flexibility index (Phi) is 8.71. The van der Waals surface area contributed by atoms with Crippen LogP contribution >= 0.6 is 0 Å². The zero-order valence-electron chi connectivity index (χ0n) is 20.8. The Bertz CT molecular complexity index is 1050. The Balaban J connectivity index is 1.41. The summed E-state index contributed by atoms with van der Waals surface area (Å²) in [5.74, 6) is -2.52. The fourth-order valence-electron chi connectivity index (χ4n) is 5.05. The summed E-state index contributed by atoms with van der Waals surface area (Å²) in [6, 6.07) is 6.11. The highest BCUT2D eigenvalue weighted by Gasteiger charge is 2.53. The summed E-state index contributed by atoms with van der Waals surface area (Å²) < 4.78 is 27.1. The van der Waals surface area contributed by atoms with E-state index in [1.165, 1.54) is 31.6 Å². The number of carbonyl (C=O) groups excluding carboxylic acids is 2. The minimum atomic E-state index is -1.68. The van der Waals surface area contributed by atoms with Gasteiger partial charge in [-0.25, -0.2) is 9.59 Å². The molecule has 3 aliphatic rings. The van der Waals surface area contributed by atoms with E-state index >= 15 is 0 Å². The fraction of sp³-hybridized carbons (Fsp3) is 0.538. The van der Waals surface area contributed by atoms with Crippen LogP contribution in [-0.4, -0.2) is 94.3 Å². The largest absolute Gasteiger partial charge is 0.508 e. The lowest BCUT2D eigenvalue weighted by Gasteiger charge is -2.43. The minimum Gasteiger partial charge on any atom is -0.508 e. The lowest BCUT2D eigenvalue weighted by atomic mass is 9.83. The van der Waals surface area contributed by atoms with Crippen LogP contribution in [0.4, 0.5) is 0 Å². The first-order valence-electron chi connectivity index (χ1n) is 12.2. The Hall–Kier alpha value is -3.00. The van der Waals surface area contributed by atoms with E-state index in [0.29, 0.717) is 5.56 Å². The first-order valence-corrected chi connectivity index (χ1v) is 12.2. The smallest absolute Gasteiger partial charge is 0.337 e. The van der Waals surface area contributed by atoms with Gasteiger partial charge in [-0.2, -0.15) is 0 Å². The van der Waals surface area contributed by atoms with Crippen LogP contribution in [0.15, 0.2) is 42.2 Å². The Morgan fingerprint density at radius 2 is 1.76 bits per heavy atom. The molecule has 0 spiro atoms. The van der Waals surface area contributed by atoms with Crippen molar-refractivity contribution in [3.63, 3.8) is 0 Å². The van der Waals surface area contributed by atoms with Crippen LogP contribution < -0.4 is 0 Å². The number of phenolic OH excluding ortho intramolecular Hbond substituents is 1. The highest BCUT2D eigenvalue weighted by Crippen LogP contribution is 2.47. The molecule has 0 amide bonds. The maximum absolute atomic E-state index is 12.2. The van der Waals surface area contributed by atoms with Crippen LogP contribution in [0.25, 0.3) is 6.08 Å². The molecule has 10 atom stereocenters. The molecule has 12 heteroatoms. The van der Waals surface area contributed by atoms with Gasteiger partial charge < -0.3 is 49.2 Å². The van der Waals surface area contributed by atoms with Gasteiger partial charge in [-0.05, 0) is 36.1 Å². The van der Waals surface area contributed by atoms with Gasteiger partial charge in [0.05, 0.1) is 25.0 Å². The molecular formula is C26H32O12. The first kappa shape index (κ1) is 28.0. The summed E-state index contributed by atoms with van der Waals surface area (Å²) in [4.78, 5) is 24.3. The Labute approximate surface area is 218 Å². The number of hydrogen-bond donors (Lipinski definition) is 5. The molecule has 1 aromatic rings. The van der Waals surface area contributed by atoms with Crippen molar-refractivity contribution in [3.8, 4) is 5.75 Å². The number of rotatable bonds is 7. The summed E-state index contributed by atoms with van der Waals surface area (Å²) in [6.45, 7) is 1.32. The first-order chi connectivity index (χ1) is 18.1. The number of phenols is 1. The molecule has 12 nitrogen and oxygen atoms in total. The zero-order chi connectivity index (χ0) is 27.6. The number of fused-ring (bicyclic) bond motifs is 1. The van der Waals surface area contributed by atoms with Gasteiger partial charge in [-0.15, -0.1) is 0 Å². The van der Waals surface area contributed by atoms with Gasteiger partial charge >= 0.3 is 11.9 Å². The number of hydrogen-bond acceptors (Lipinski definition) is 12. The topological polar surface area (TPSA) is 181 Å². The average Bonchev–Trinajstić information content (AvgIpc) is 3.21. The quantitative estimate of drug-likeness (QED) is 0.229. The van der Waals surface area contributed by atoms with Gasteiger partial charge in [0.25, 0.3) is 0 Å². The molecule has 5 N–H and O–H groups in total. The van der Waals surface area contributed by atoms with Crippen LogP contribution in [0.1, 0.15) is 18.9 Å². The molecule has 1 aromatic carbocycles. The van der Waals surface area contributed by atoms with Crippen LogP contribution in [0.3, 0.4) is 0 Å². The van der Waals surface area contributed by atoms with Crippen molar-refractivity contribution >= 4 is 18.0 Å². The van der Waals surface area contributed by atoms with Crippen molar-refractivity contribution < 1.29 is 58.8 Å². The third-order valence-electron chi connectivity index (χ3n) is 7.27. The SMILES string of the molecule is COC(=O)C1=COC(OC2OC(COC(=O)C=Cc3ccc(O)cc3)C(O)C(O)C2O)C2C1CC(O)C2C. The van der Waals surface area contributed by atoms with Gasteiger partial charge in [0.2, 0.25) is 6.29 Å². The summed E-state index contributed by atoms with van der Waals surface area (Å²) >= 11 is 0. The summed E-state index contributed by atoms with van der Waals surface area (Å²) in [6.07, 6.45) is -5.36. The highest BCUT2D eigenvalue weighted by atomic mass is 16.8. The van der Waals surface area contributed by atoms with E-state index in [4.69, 9.17) is 23.7 Å². The Morgan fingerprint density at radius 1 is 1.05 bits per heavy atom. The number of aromatic hydroxyl groups is 1. The van der Waals surface area contributed by atoms with Crippen molar-refractivity contribution in [2.75, 3.05) is 13.7 Å². The molecule has 2 heterocycles. The molecule has 0 aromatic heterocycles. The summed E-state index contributed by atoms with van der Waals surface area (Å²) in [5.41, 5.74) is 0.897. The normalized spacial score (nSPS) is 36.7. The van der Waals surface area contributed by atoms with Crippen LogP contribution in [-0.2, 0) is 33.3 Å². The number of methoxy groups -OCH3 is 1. The zero-order valence-corrected chi connectivity index (χ0v) is 20.8. The molecule has 2 fully saturated rings. The van der Waals surface area contributed by atoms with Gasteiger partial charge in [0, 0.05) is 17.9 Å². The van der Waals surface area contributed by atoms with Crippen LogP contribution in [0, 0.1) is 17.8 Å². The lowest BCUT2D eigenvalue weighted by molar-refractivity contribution is -0.342. The average molecular weight is 537 g/mol. The fourth-order valence-corrected chi connectivity index (χ4v) is 5.05. The molecule has 1 saturated heterocycles. The summed E-state index contributed by atoms with van der Waals surface area (Å²) in [7, 11) is 1.24. The van der Waals surface area contributed by atoms with Crippen molar-refractivity contribution in [1.29, 1.82) is 0 Å². The molecule has 4 rings (SSSR count). The van der Waals surface area contributed by atoms with E-state index in [0.717, 1.165) is 6.08 Å². The van der Waals surface area contributed by atoms with Gasteiger partial charge in [0.1, 0.15) is 36.8 Å². The second kappa shape index (κ2) is 11.8. The highest BCUT2D eigenvalue weighted by molar-refractivity contribution is 5.89. The molecule has 1 aliphatic carbocycles. The van der Waals surface area contributed by atoms with Crippen molar-refractivity contribution in [2.45, 2.75) is 56.4 Å². The molecular weight excluding hydrogens is 504 g/mol. The molecule has 10 unspecified atom stereocenters. The predicted octanol–water partition coefficient (Wildman–Crippen LogP) is -0.181. The van der Waals surface area contributed by atoms with E-state index < -0.39 is 73.5 Å². The molecule has 1 saturated carbocycles. The summed E-state index contributed by atoms with van der Waals surface area (Å²) in [5, 5.41) is 51.0. The second-order valence-electron chi connectivity index (χ2n) is 9.62. The third kappa shape index (κ3) is 5.85. The van der Waals surface area contributed by atoms with E-state index in [1.807, 2.05) is 0 Å². The Morgan fingerprint density at radius 3 is 2.45 bits per heavy atom. The van der Waals surface area contributed by atoms with E-state index in [2.05, 4.69) is 0 Å². The molecule has 0 bridgehead atoms. The number of benzene rings is 1. The van der Waals surface area contributed by atoms with Crippen LogP contribution in [0.5, 0.6) is 5.75 Å². The number of aliphatic hydroxyl groups is 4. The van der Waals surface area contributed by atoms with E-state index in [1.54, 1.807) is 19.1 Å². The van der Waals surface area contributed by atoms with E-state index in [9.17, 15) is 35.1 Å². The van der Waals surface area contributed by atoms with Crippen molar-refractivity contribution in [2.24, 2.45) is 17.8 Å². The van der Waals surface area contributed by atoms with Crippen molar-refractivity contribution in [1.82, 2.24) is 0 Å². The monoisotopic (exact) mass is 536 g/mol. The number of aliphatic hydroxyl groups excluding tert-OH is 4. The molecule has 2 aliphatic heterocycles. The van der Waals surface area contributed by atoms with E-state index in [-0.39, 0.29) is 23.7 Å². The predicted molar refractivity (Wildman–Crippen MR) is 128 cm³/mol. The minimum absolute atomic E-state index is 0.0818. The van der Waals surface area contributed by atoms with Crippen LogP contribution in [0.2, 0.25) is 0 Å². The number of ether oxygens (including phenoxy) is 5.